The highest BCUT2D eigenvalue weighted by Gasteiger charge is 2.20. The summed E-state index contributed by atoms with van der Waals surface area (Å²) in [5.74, 6) is 1.89. The summed E-state index contributed by atoms with van der Waals surface area (Å²) in [4.78, 5) is 20.8. The third-order valence-corrected chi connectivity index (χ3v) is 4.54. The van der Waals surface area contributed by atoms with Gasteiger partial charge in [-0.25, -0.2) is 4.98 Å². The lowest BCUT2D eigenvalue weighted by Gasteiger charge is -2.37. The number of carbonyl (C=O) groups is 1. The summed E-state index contributed by atoms with van der Waals surface area (Å²) in [5.41, 5.74) is 1.89. The molecule has 6 nitrogen and oxygen atoms in total. The van der Waals surface area contributed by atoms with Gasteiger partial charge in [0.1, 0.15) is 11.6 Å². The third kappa shape index (κ3) is 4.25. The first kappa shape index (κ1) is 18.0. The van der Waals surface area contributed by atoms with E-state index in [1.165, 1.54) is 0 Å². The average molecular weight is 354 g/mol. The van der Waals surface area contributed by atoms with Gasteiger partial charge in [-0.15, -0.1) is 0 Å². The normalized spacial score (nSPS) is 14.2. The molecule has 0 aliphatic carbocycles. The fourth-order valence-electron chi connectivity index (χ4n) is 3.17. The second-order valence-electron chi connectivity index (χ2n) is 6.35. The highest BCUT2D eigenvalue weighted by atomic mass is 16.5. The van der Waals surface area contributed by atoms with E-state index in [9.17, 15) is 4.79 Å². The molecule has 6 heteroatoms. The van der Waals surface area contributed by atoms with Crippen LogP contribution in [0.3, 0.4) is 0 Å². The van der Waals surface area contributed by atoms with E-state index in [2.05, 4.69) is 26.2 Å². The van der Waals surface area contributed by atoms with Crippen LogP contribution in [0.1, 0.15) is 19.8 Å². The van der Waals surface area contributed by atoms with E-state index in [1.807, 2.05) is 37.3 Å². The molecule has 1 N–H and O–H groups in total. The number of para-hydroxylation sites is 2. The van der Waals surface area contributed by atoms with Crippen LogP contribution in [-0.4, -0.2) is 44.2 Å². The summed E-state index contributed by atoms with van der Waals surface area (Å²) in [7, 11) is 1.71. The quantitative estimate of drug-likeness (QED) is 0.864. The molecule has 3 rings (SSSR count). The lowest BCUT2D eigenvalue weighted by Crippen LogP contribution is -2.46. The Balaban J connectivity index is 1.59. The largest absolute Gasteiger partial charge is 0.495 e. The van der Waals surface area contributed by atoms with Crippen molar-refractivity contribution < 1.29 is 9.53 Å². The first-order valence-electron chi connectivity index (χ1n) is 9.10. The second kappa shape index (κ2) is 8.56. The van der Waals surface area contributed by atoms with Crippen molar-refractivity contribution in [2.45, 2.75) is 19.8 Å². The molecule has 0 saturated carbocycles. The fourth-order valence-corrected chi connectivity index (χ4v) is 3.17. The summed E-state index contributed by atoms with van der Waals surface area (Å²) >= 11 is 0. The van der Waals surface area contributed by atoms with Crippen molar-refractivity contribution in [3.05, 3.63) is 42.6 Å². The number of hydrogen-bond acceptors (Lipinski definition) is 5. The van der Waals surface area contributed by atoms with Crippen LogP contribution in [0.2, 0.25) is 0 Å². The van der Waals surface area contributed by atoms with Gasteiger partial charge in [-0.3, -0.25) is 4.79 Å². The predicted octanol–water partition coefficient (Wildman–Crippen LogP) is 3.16. The summed E-state index contributed by atoms with van der Waals surface area (Å²) in [6, 6.07) is 12.0. The first-order valence-corrected chi connectivity index (χ1v) is 9.10. The number of benzene rings is 1. The molecule has 1 aromatic heterocycles. The topological polar surface area (TPSA) is 57.7 Å². The molecule has 0 unspecified atom stereocenters. The molecule has 26 heavy (non-hydrogen) atoms. The molecule has 138 valence electrons. The zero-order chi connectivity index (χ0) is 18.4. The van der Waals surface area contributed by atoms with Gasteiger partial charge in [-0.1, -0.05) is 19.1 Å². The molecule has 1 aliphatic rings. The number of carbonyl (C=O) groups excluding carboxylic acids is 1. The summed E-state index contributed by atoms with van der Waals surface area (Å²) in [6.45, 7) is 5.61. The Kier molecular flexibility index (Phi) is 5.94. The van der Waals surface area contributed by atoms with E-state index in [4.69, 9.17) is 4.74 Å². The van der Waals surface area contributed by atoms with Crippen molar-refractivity contribution in [3.8, 4) is 5.75 Å². The Bertz CT molecular complexity index is 725. The molecule has 0 atom stereocenters. The molecule has 1 aliphatic heterocycles. The molecule has 0 radical (unpaired) electrons. The van der Waals surface area contributed by atoms with Gasteiger partial charge in [0.05, 0.1) is 24.7 Å². The highest BCUT2D eigenvalue weighted by molar-refractivity contribution is 5.90. The van der Waals surface area contributed by atoms with Crippen LogP contribution in [0, 0.1) is 0 Å². The van der Waals surface area contributed by atoms with Crippen molar-refractivity contribution >= 4 is 23.1 Å². The van der Waals surface area contributed by atoms with Crippen molar-refractivity contribution in [3.63, 3.8) is 0 Å². The Labute approximate surface area is 154 Å². The number of hydrogen-bond donors (Lipinski definition) is 1. The maximum Gasteiger partial charge on any atom is 0.224 e. The van der Waals surface area contributed by atoms with E-state index >= 15 is 0 Å². The molecule has 0 bridgehead atoms. The molecular formula is C20H26N4O2. The summed E-state index contributed by atoms with van der Waals surface area (Å²) in [6.07, 6.45) is 3.11. The van der Waals surface area contributed by atoms with E-state index in [-0.39, 0.29) is 5.91 Å². The van der Waals surface area contributed by atoms with E-state index in [0.29, 0.717) is 6.42 Å². The van der Waals surface area contributed by atoms with Crippen molar-refractivity contribution in [2.24, 2.45) is 0 Å². The van der Waals surface area contributed by atoms with Gasteiger partial charge in [-0.2, -0.15) is 0 Å². The van der Waals surface area contributed by atoms with Crippen LogP contribution < -0.4 is 19.9 Å². The van der Waals surface area contributed by atoms with Gasteiger partial charge in [0.25, 0.3) is 0 Å². The molecule has 1 fully saturated rings. The molecule has 2 aromatic rings. The Morgan fingerprint density at radius 3 is 2.50 bits per heavy atom. The number of anilines is 3. The molecule has 2 heterocycles. The maximum absolute atomic E-state index is 11.7. The second-order valence-corrected chi connectivity index (χ2v) is 6.35. The van der Waals surface area contributed by atoms with Crippen LogP contribution >= 0.6 is 0 Å². The van der Waals surface area contributed by atoms with Crippen LogP contribution in [-0.2, 0) is 4.79 Å². The van der Waals surface area contributed by atoms with Crippen LogP contribution in [0.4, 0.5) is 17.2 Å². The minimum absolute atomic E-state index is 0.0347. The number of methoxy groups -OCH3 is 1. The van der Waals surface area contributed by atoms with Gasteiger partial charge in [0, 0.05) is 32.6 Å². The third-order valence-electron chi connectivity index (χ3n) is 4.54. The van der Waals surface area contributed by atoms with Gasteiger partial charge < -0.3 is 19.9 Å². The molecule has 1 saturated heterocycles. The predicted molar refractivity (Wildman–Crippen MR) is 105 cm³/mol. The summed E-state index contributed by atoms with van der Waals surface area (Å²) < 4.78 is 5.47. The molecular weight excluding hydrogens is 328 g/mol. The zero-order valence-corrected chi connectivity index (χ0v) is 15.4. The van der Waals surface area contributed by atoms with Crippen LogP contribution in [0.25, 0.3) is 0 Å². The number of aromatic nitrogens is 1. The fraction of sp³-hybridized carbons (Fsp3) is 0.400. The number of nitrogens with zero attached hydrogens (tertiary/aromatic N) is 3. The standard InChI is InChI=1S/C20H26N4O2/c1-3-6-20(25)22-16-9-10-19(21-15-16)24-13-11-23(12-14-24)17-7-4-5-8-18(17)26-2/h4-5,7-10,15H,3,6,11-14H2,1-2H3,(H,22,25). The molecule has 0 spiro atoms. The van der Waals surface area contributed by atoms with Crippen molar-refractivity contribution in [2.75, 3.05) is 48.4 Å². The Hall–Kier alpha value is -2.76. The van der Waals surface area contributed by atoms with Gasteiger partial charge in [0.15, 0.2) is 0 Å². The molecule has 1 amide bonds. The lowest BCUT2D eigenvalue weighted by molar-refractivity contribution is -0.116. The molecule has 1 aromatic carbocycles. The number of amides is 1. The van der Waals surface area contributed by atoms with E-state index in [1.54, 1.807) is 13.3 Å². The van der Waals surface area contributed by atoms with Crippen LogP contribution in [0.5, 0.6) is 5.75 Å². The van der Waals surface area contributed by atoms with Crippen molar-refractivity contribution in [1.29, 1.82) is 0 Å². The van der Waals surface area contributed by atoms with E-state index in [0.717, 1.165) is 55.5 Å². The van der Waals surface area contributed by atoms with Gasteiger partial charge in [0.2, 0.25) is 5.91 Å². The number of pyridine rings is 1. The lowest BCUT2D eigenvalue weighted by atomic mass is 10.2. The number of rotatable bonds is 6. The van der Waals surface area contributed by atoms with Crippen LogP contribution in [0.15, 0.2) is 42.6 Å². The zero-order valence-electron chi connectivity index (χ0n) is 15.4. The number of piperazine rings is 1. The van der Waals surface area contributed by atoms with Gasteiger partial charge in [-0.05, 0) is 30.7 Å². The van der Waals surface area contributed by atoms with Gasteiger partial charge >= 0.3 is 0 Å². The van der Waals surface area contributed by atoms with Crippen molar-refractivity contribution in [1.82, 2.24) is 4.98 Å². The maximum atomic E-state index is 11.7. The minimum atomic E-state index is 0.0347. The monoisotopic (exact) mass is 354 g/mol. The number of nitrogens with one attached hydrogen (secondary N) is 1. The Morgan fingerprint density at radius 1 is 1.12 bits per heavy atom. The minimum Gasteiger partial charge on any atom is -0.495 e. The summed E-state index contributed by atoms with van der Waals surface area (Å²) in [5, 5.41) is 2.87. The Morgan fingerprint density at radius 2 is 1.85 bits per heavy atom. The van der Waals surface area contributed by atoms with E-state index < -0.39 is 0 Å². The highest BCUT2D eigenvalue weighted by Crippen LogP contribution is 2.29. The first-order chi connectivity index (χ1) is 12.7. The average Bonchev–Trinajstić information content (AvgIpc) is 2.69. The SMILES string of the molecule is CCCC(=O)Nc1ccc(N2CCN(c3ccccc3OC)CC2)nc1. The number of ether oxygens (including phenoxy) is 1. The smallest absolute Gasteiger partial charge is 0.224 e.